The number of aliphatic hydroxyl groups is 1. The highest BCUT2D eigenvalue weighted by molar-refractivity contribution is 7.91. The van der Waals surface area contributed by atoms with Crippen LogP contribution in [0.25, 0.3) is 32.9 Å². The average Bonchev–Trinajstić information content (AvgIpc) is 3.89. The summed E-state index contributed by atoms with van der Waals surface area (Å²) in [6, 6.07) is 39.1. The maximum Gasteiger partial charge on any atom is 0.414 e. The second-order valence-corrected chi connectivity index (χ2v) is 18.8. The third-order valence-electron chi connectivity index (χ3n) is 10.2. The van der Waals surface area contributed by atoms with Gasteiger partial charge in [0.2, 0.25) is 21.7 Å². The lowest BCUT2D eigenvalue weighted by Gasteiger charge is -2.21. The number of ether oxygens (including phenoxy) is 1. The fraction of sp³-hybridized carbons (Fsp3) is 0.200. The number of aromatic nitrogens is 2. The predicted octanol–water partition coefficient (Wildman–Crippen LogP) is 5.76. The first-order valence-corrected chi connectivity index (χ1v) is 22.9. The fourth-order valence-corrected chi connectivity index (χ4v) is 9.75. The molecule has 1 amide bonds. The Morgan fingerprint density at radius 2 is 1.46 bits per heavy atom. The van der Waals surface area contributed by atoms with Gasteiger partial charge in [-0.05, 0) is 71.4 Å². The number of nitrogens with one attached hydrogen (secondary N) is 3. The first kappa shape index (κ1) is 44.4. The van der Waals surface area contributed by atoms with Crippen LogP contribution in [0.15, 0.2) is 148 Å². The summed E-state index contributed by atoms with van der Waals surface area (Å²) in [5.74, 6) is 0.665. The molecular formula is C45H46N8O8S2. The largest absolute Gasteiger partial charge is 0.443 e. The van der Waals surface area contributed by atoms with Crippen LogP contribution < -0.4 is 21.3 Å². The number of likely N-dealkylation sites (N-methyl/N-ethyl adjacent to an activating group) is 1. The number of fused-ring (bicyclic) bond motifs is 2. The molecule has 8 rings (SSSR count). The van der Waals surface area contributed by atoms with Gasteiger partial charge in [-0.15, -0.1) is 0 Å². The van der Waals surface area contributed by atoms with Gasteiger partial charge in [-0.3, -0.25) is 10.3 Å². The van der Waals surface area contributed by atoms with E-state index in [0.717, 1.165) is 22.0 Å². The van der Waals surface area contributed by atoms with Gasteiger partial charge in [0.25, 0.3) is 0 Å². The number of sulfonamides is 1. The van der Waals surface area contributed by atoms with E-state index in [4.69, 9.17) is 20.4 Å². The molecule has 6 aromatic carbocycles. The minimum atomic E-state index is -3.79. The van der Waals surface area contributed by atoms with Crippen LogP contribution in [0.5, 0.6) is 0 Å². The van der Waals surface area contributed by atoms with Crippen molar-refractivity contribution in [3.63, 3.8) is 0 Å². The fourth-order valence-electron chi connectivity index (χ4n) is 6.99. The van der Waals surface area contributed by atoms with Crippen molar-refractivity contribution in [1.29, 1.82) is 5.41 Å². The van der Waals surface area contributed by atoms with E-state index in [1.807, 2.05) is 48.5 Å². The Bertz CT molecular complexity index is 2950. The third kappa shape index (κ3) is 10.5. The third-order valence-corrected chi connectivity index (χ3v) is 13.7. The van der Waals surface area contributed by atoms with Crippen molar-refractivity contribution < 1.29 is 36.0 Å². The van der Waals surface area contributed by atoms with E-state index in [0.29, 0.717) is 33.7 Å². The normalized spacial score (nSPS) is 14.6. The Morgan fingerprint density at radius 3 is 2.08 bits per heavy atom. The average molecular weight is 891 g/mol. The van der Waals surface area contributed by atoms with E-state index in [9.17, 15) is 26.7 Å². The minimum absolute atomic E-state index is 0.00631. The standard InChI is InChI=1S/C24H22N4O5S.C21H24N4O3S/c1-16-25-23(26-33-16)18-10-12-19(13-11-18)28-15-20(32-24(28)29)14-27(2)34(30,31)22-9-5-7-17-6-3-4-8-21(17)22;22-21(23)16-8-10-17(11-9-16)25-13-18(26)12-24-14-29(27,28)20-7-3-5-15-4-1-2-6-19(15)20/h3-13,20H,14-15H2,1-2H3;1-11,18,24-26H,12-14H2,(H3,22,23). The number of rotatable bonds is 15. The second kappa shape index (κ2) is 19.1. The van der Waals surface area contributed by atoms with Crippen LogP contribution in [0.3, 0.4) is 0 Å². The van der Waals surface area contributed by atoms with Crippen molar-refractivity contribution in [2.45, 2.75) is 28.9 Å². The van der Waals surface area contributed by atoms with Crippen molar-refractivity contribution >= 4 is 64.7 Å². The first-order valence-electron chi connectivity index (χ1n) is 19.8. The molecule has 16 nitrogen and oxygen atoms in total. The zero-order valence-electron chi connectivity index (χ0n) is 34.4. The lowest BCUT2D eigenvalue weighted by molar-refractivity contribution is 0.131. The van der Waals surface area contributed by atoms with Gasteiger partial charge in [-0.1, -0.05) is 78.0 Å². The van der Waals surface area contributed by atoms with Gasteiger partial charge in [-0.2, -0.15) is 9.29 Å². The van der Waals surface area contributed by atoms with Gasteiger partial charge >= 0.3 is 6.09 Å². The molecule has 0 radical (unpaired) electrons. The number of nitrogens with two attached hydrogens (primary N) is 1. The van der Waals surface area contributed by atoms with Crippen molar-refractivity contribution in [3.05, 3.63) is 145 Å². The molecule has 0 bridgehead atoms. The molecule has 326 valence electrons. The van der Waals surface area contributed by atoms with Crippen LogP contribution >= 0.6 is 0 Å². The van der Waals surface area contributed by atoms with Gasteiger partial charge in [0.05, 0.1) is 29.0 Å². The summed E-state index contributed by atoms with van der Waals surface area (Å²) in [4.78, 5) is 18.7. The predicted molar refractivity (Wildman–Crippen MR) is 242 cm³/mol. The summed E-state index contributed by atoms with van der Waals surface area (Å²) in [6.45, 7) is 2.36. The molecule has 1 fully saturated rings. The van der Waals surface area contributed by atoms with E-state index in [1.165, 1.54) is 16.3 Å². The number of amides is 1. The van der Waals surface area contributed by atoms with Crippen molar-refractivity contribution in [2.75, 3.05) is 49.3 Å². The van der Waals surface area contributed by atoms with Gasteiger partial charge in [0.15, 0.2) is 9.84 Å². The maximum atomic E-state index is 13.3. The smallest absolute Gasteiger partial charge is 0.414 e. The topological polar surface area (TPSA) is 234 Å². The molecule has 63 heavy (non-hydrogen) atoms. The number of nitrogens with zero attached hydrogens (tertiary/aromatic N) is 4. The molecule has 0 saturated carbocycles. The van der Waals surface area contributed by atoms with Crippen LogP contribution in [0, 0.1) is 12.3 Å². The summed E-state index contributed by atoms with van der Waals surface area (Å²) < 4.78 is 63.7. The van der Waals surface area contributed by atoms with E-state index in [-0.39, 0.29) is 47.7 Å². The molecule has 1 aliphatic heterocycles. The number of amidine groups is 1. The molecule has 7 aromatic rings. The van der Waals surface area contributed by atoms with Gasteiger partial charge in [0, 0.05) is 60.3 Å². The number of cyclic esters (lactones) is 1. The Balaban J connectivity index is 0.000000192. The molecule has 2 atom stereocenters. The monoisotopic (exact) mass is 890 g/mol. The molecule has 0 aliphatic carbocycles. The highest BCUT2D eigenvalue weighted by Crippen LogP contribution is 2.29. The van der Waals surface area contributed by atoms with Crippen molar-refractivity contribution in [2.24, 2.45) is 5.73 Å². The quantitative estimate of drug-likeness (QED) is 0.0609. The Hall–Kier alpha value is -6.70. The number of hydrogen-bond acceptors (Lipinski definition) is 13. The number of sulfone groups is 1. The van der Waals surface area contributed by atoms with Crippen LogP contribution in [0.1, 0.15) is 11.5 Å². The molecule has 18 heteroatoms. The molecule has 1 aliphatic rings. The van der Waals surface area contributed by atoms with E-state index in [2.05, 4.69) is 20.8 Å². The zero-order valence-corrected chi connectivity index (χ0v) is 36.0. The number of carbonyl (C=O) groups excluding carboxylic acids is 1. The molecular weight excluding hydrogens is 845 g/mol. The van der Waals surface area contributed by atoms with E-state index < -0.39 is 38.2 Å². The SMILES string of the molecule is Cc1nc(-c2ccc(N3CC(CN(C)S(=O)(=O)c4cccc5ccccc45)OC3=O)cc2)no1.N=C(N)c1ccc(NCC(O)CNCS(=O)(=O)c2cccc3ccccc23)cc1. The molecule has 2 heterocycles. The number of benzene rings is 6. The van der Waals surface area contributed by atoms with Gasteiger partial charge in [-0.25, -0.2) is 21.6 Å². The lowest BCUT2D eigenvalue weighted by atomic mass is 10.1. The van der Waals surface area contributed by atoms with Gasteiger partial charge in [0.1, 0.15) is 17.8 Å². The Morgan fingerprint density at radius 1 is 0.857 bits per heavy atom. The summed E-state index contributed by atoms with van der Waals surface area (Å²) >= 11 is 0. The van der Waals surface area contributed by atoms with Crippen LogP contribution in [-0.4, -0.2) is 99.6 Å². The number of hydrogen-bond donors (Lipinski definition) is 5. The Labute approximate surface area is 364 Å². The van der Waals surface area contributed by atoms with Crippen molar-refractivity contribution in [3.8, 4) is 11.4 Å². The first-order chi connectivity index (χ1) is 30.2. The highest BCUT2D eigenvalue weighted by atomic mass is 32.2. The van der Waals surface area contributed by atoms with E-state index >= 15 is 0 Å². The molecule has 1 aromatic heterocycles. The number of aryl methyl sites for hydroxylation is 1. The van der Waals surface area contributed by atoms with Crippen LogP contribution in [-0.2, 0) is 24.6 Å². The summed E-state index contributed by atoms with van der Waals surface area (Å²) in [6.07, 6.45) is -1.91. The molecule has 0 spiro atoms. The molecule has 1 saturated heterocycles. The molecule has 6 N–H and O–H groups in total. The van der Waals surface area contributed by atoms with Crippen molar-refractivity contribution in [1.82, 2.24) is 19.8 Å². The van der Waals surface area contributed by atoms with Crippen LogP contribution in [0.4, 0.5) is 16.2 Å². The summed E-state index contributed by atoms with van der Waals surface area (Å²) in [5, 5.41) is 30.3. The number of aliphatic hydroxyl groups excluding tert-OH is 1. The number of carbonyl (C=O) groups is 1. The minimum Gasteiger partial charge on any atom is -0.443 e. The lowest BCUT2D eigenvalue weighted by Crippen LogP contribution is -2.36. The second-order valence-electron chi connectivity index (χ2n) is 14.8. The molecule has 2 unspecified atom stereocenters. The zero-order chi connectivity index (χ0) is 44.7. The number of nitrogen functional groups attached to an aromatic ring is 1. The van der Waals surface area contributed by atoms with Gasteiger partial charge < -0.3 is 30.7 Å². The maximum absolute atomic E-state index is 13.3. The summed E-state index contributed by atoms with van der Waals surface area (Å²) in [5.41, 5.74) is 8.20. The highest BCUT2D eigenvalue weighted by Gasteiger charge is 2.36. The number of anilines is 2. The van der Waals surface area contributed by atoms with E-state index in [1.54, 1.807) is 91.9 Å². The summed E-state index contributed by atoms with van der Waals surface area (Å²) in [7, 11) is -5.83. The Kier molecular flexibility index (Phi) is 13.5. The van der Waals surface area contributed by atoms with Crippen LogP contribution in [0.2, 0.25) is 0 Å².